The average molecular weight is 310 g/mol. The van der Waals surface area contributed by atoms with E-state index in [1.165, 1.54) is 11.3 Å². The van der Waals surface area contributed by atoms with Crippen molar-refractivity contribution in [3.63, 3.8) is 0 Å². The molecule has 1 saturated heterocycles. The molecule has 0 spiro atoms. The van der Waals surface area contributed by atoms with E-state index >= 15 is 0 Å². The maximum Gasteiger partial charge on any atom is 0.220 e. The molecule has 5 heteroatoms. The number of piperidine rings is 1. The Morgan fingerprint density at radius 1 is 1.43 bits per heavy atom. The molecule has 0 atom stereocenters. The summed E-state index contributed by atoms with van der Waals surface area (Å²) in [7, 11) is 0. The highest BCUT2D eigenvalue weighted by atomic mass is 35.5. The quantitative estimate of drug-likeness (QED) is 0.879. The van der Waals surface area contributed by atoms with Gasteiger partial charge in [-0.25, -0.2) is 0 Å². The maximum absolute atomic E-state index is 11.3. The van der Waals surface area contributed by atoms with Crippen molar-refractivity contribution in [1.29, 1.82) is 0 Å². The molecule has 1 aromatic rings. The fourth-order valence-corrected chi connectivity index (χ4v) is 2.92. The van der Waals surface area contributed by atoms with Crippen LogP contribution in [0.15, 0.2) is 18.2 Å². The number of carbonyl (C=O) groups excluding carboxylic acids is 1. The van der Waals surface area contributed by atoms with Crippen molar-refractivity contribution in [3.8, 4) is 0 Å². The van der Waals surface area contributed by atoms with Gasteiger partial charge in [-0.3, -0.25) is 4.79 Å². The fraction of sp³-hybridized carbons (Fsp3) is 0.562. The van der Waals surface area contributed by atoms with Gasteiger partial charge >= 0.3 is 0 Å². The Morgan fingerprint density at radius 3 is 2.67 bits per heavy atom. The van der Waals surface area contributed by atoms with Crippen LogP contribution in [0.5, 0.6) is 0 Å². The van der Waals surface area contributed by atoms with Crippen molar-refractivity contribution in [3.05, 3.63) is 28.8 Å². The molecule has 1 fully saturated rings. The lowest BCUT2D eigenvalue weighted by molar-refractivity contribution is -0.122. The van der Waals surface area contributed by atoms with E-state index in [0.717, 1.165) is 37.5 Å². The molecule has 21 heavy (non-hydrogen) atoms. The van der Waals surface area contributed by atoms with Gasteiger partial charge in [-0.05, 0) is 36.6 Å². The van der Waals surface area contributed by atoms with Crippen LogP contribution in [-0.4, -0.2) is 25.0 Å². The number of anilines is 1. The first kappa shape index (κ1) is 16.1. The number of rotatable bonds is 5. The van der Waals surface area contributed by atoms with Crippen LogP contribution in [-0.2, 0) is 11.3 Å². The van der Waals surface area contributed by atoms with Gasteiger partial charge in [0.2, 0.25) is 5.91 Å². The zero-order chi connectivity index (χ0) is 15.4. The summed E-state index contributed by atoms with van der Waals surface area (Å²) in [5, 5.41) is 4.19. The lowest BCUT2D eigenvalue weighted by Crippen LogP contribution is -2.39. The SMILES string of the molecule is CC(C)NCc1cc(Cl)ccc1N1CCC(C(N)=O)CC1. The molecule has 0 bridgehead atoms. The van der Waals surface area contributed by atoms with Gasteiger partial charge in [0, 0.05) is 42.3 Å². The summed E-state index contributed by atoms with van der Waals surface area (Å²) in [5.74, 6) is -0.154. The molecule has 1 aliphatic heterocycles. The highest BCUT2D eigenvalue weighted by Gasteiger charge is 2.24. The zero-order valence-electron chi connectivity index (χ0n) is 12.7. The first-order chi connectivity index (χ1) is 9.97. The second-order valence-electron chi connectivity index (χ2n) is 5.97. The molecule has 1 heterocycles. The molecule has 0 saturated carbocycles. The van der Waals surface area contributed by atoms with Crippen molar-refractivity contribution in [2.24, 2.45) is 11.7 Å². The van der Waals surface area contributed by atoms with Crippen molar-refractivity contribution in [1.82, 2.24) is 5.32 Å². The van der Waals surface area contributed by atoms with Gasteiger partial charge in [0.05, 0.1) is 0 Å². The smallest absolute Gasteiger partial charge is 0.220 e. The summed E-state index contributed by atoms with van der Waals surface area (Å²) >= 11 is 6.13. The summed E-state index contributed by atoms with van der Waals surface area (Å²) in [6, 6.07) is 6.45. The molecule has 116 valence electrons. The highest BCUT2D eigenvalue weighted by molar-refractivity contribution is 6.30. The van der Waals surface area contributed by atoms with Crippen molar-refractivity contribution >= 4 is 23.2 Å². The number of nitrogens with two attached hydrogens (primary N) is 1. The Kier molecular flexibility index (Phi) is 5.48. The molecule has 1 aromatic carbocycles. The van der Waals surface area contributed by atoms with Crippen LogP contribution in [0.4, 0.5) is 5.69 Å². The van der Waals surface area contributed by atoms with Gasteiger partial charge in [0.1, 0.15) is 0 Å². The minimum atomic E-state index is -0.174. The molecule has 0 aliphatic carbocycles. The predicted octanol–water partition coefficient (Wildman–Crippen LogP) is 2.54. The summed E-state index contributed by atoms with van der Waals surface area (Å²) < 4.78 is 0. The number of halogens is 1. The number of hydrogen-bond acceptors (Lipinski definition) is 3. The zero-order valence-corrected chi connectivity index (χ0v) is 13.5. The first-order valence-electron chi connectivity index (χ1n) is 7.53. The molecule has 1 aliphatic rings. The van der Waals surface area contributed by atoms with Gasteiger partial charge in [-0.1, -0.05) is 25.4 Å². The second kappa shape index (κ2) is 7.14. The Labute approximate surface area is 131 Å². The molecular formula is C16H24ClN3O. The van der Waals surface area contributed by atoms with E-state index in [1.54, 1.807) is 0 Å². The predicted molar refractivity (Wildman–Crippen MR) is 87.6 cm³/mol. The number of amides is 1. The number of hydrogen-bond donors (Lipinski definition) is 2. The number of primary amides is 1. The first-order valence-corrected chi connectivity index (χ1v) is 7.91. The monoisotopic (exact) mass is 309 g/mol. The minimum Gasteiger partial charge on any atom is -0.371 e. The number of carbonyl (C=O) groups is 1. The van der Waals surface area contributed by atoms with Crippen LogP contribution in [0.2, 0.25) is 5.02 Å². The molecule has 0 radical (unpaired) electrons. The van der Waals surface area contributed by atoms with Crippen LogP contribution < -0.4 is 16.0 Å². The Balaban J connectivity index is 2.10. The van der Waals surface area contributed by atoms with E-state index in [2.05, 4.69) is 30.1 Å². The van der Waals surface area contributed by atoms with Crippen molar-refractivity contribution < 1.29 is 4.79 Å². The Bertz CT molecular complexity index is 496. The van der Waals surface area contributed by atoms with Crippen LogP contribution in [0, 0.1) is 5.92 Å². The molecule has 0 aromatic heterocycles. The normalized spacial score (nSPS) is 16.5. The van der Waals surface area contributed by atoms with E-state index in [-0.39, 0.29) is 11.8 Å². The lowest BCUT2D eigenvalue weighted by Gasteiger charge is -2.34. The van der Waals surface area contributed by atoms with Gasteiger partial charge in [0.25, 0.3) is 0 Å². The maximum atomic E-state index is 11.3. The van der Waals surface area contributed by atoms with E-state index in [0.29, 0.717) is 6.04 Å². The Hall–Kier alpha value is -1.26. The number of nitrogens with one attached hydrogen (secondary N) is 1. The average Bonchev–Trinajstić information content (AvgIpc) is 2.45. The van der Waals surface area contributed by atoms with Crippen molar-refractivity contribution in [2.75, 3.05) is 18.0 Å². The van der Waals surface area contributed by atoms with E-state index in [4.69, 9.17) is 17.3 Å². The van der Waals surface area contributed by atoms with Gasteiger partial charge < -0.3 is 16.0 Å². The third-order valence-corrected chi connectivity index (χ3v) is 4.22. The minimum absolute atomic E-state index is 0.0192. The van der Waals surface area contributed by atoms with Crippen LogP contribution >= 0.6 is 11.6 Å². The van der Waals surface area contributed by atoms with E-state index in [9.17, 15) is 4.79 Å². The molecule has 3 N–H and O–H groups in total. The standard InChI is InChI=1S/C16H24ClN3O/c1-11(2)19-10-13-9-14(17)3-4-15(13)20-7-5-12(6-8-20)16(18)21/h3-4,9,11-12,19H,5-8,10H2,1-2H3,(H2,18,21). The van der Waals surface area contributed by atoms with Gasteiger partial charge in [-0.15, -0.1) is 0 Å². The van der Waals surface area contributed by atoms with Crippen molar-refractivity contribution in [2.45, 2.75) is 39.3 Å². The third kappa shape index (κ3) is 4.35. The van der Waals surface area contributed by atoms with Crippen LogP contribution in [0.1, 0.15) is 32.3 Å². The fourth-order valence-electron chi connectivity index (χ4n) is 2.72. The highest BCUT2D eigenvalue weighted by Crippen LogP contribution is 2.28. The topological polar surface area (TPSA) is 58.4 Å². The Morgan fingerprint density at radius 2 is 2.10 bits per heavy atom. The van der Waals surface area contributed by atoms with E-state index in [1.807, 2.05) is 12.1 Å². The van der Waals surface area contributed by atoms with Crippen LogP contribution in [0.3, 0.4) is 0 Å². The molecule has 1 amide bonds. The summed E-state index contributed by atoms with van der Waals surface area (Å²) in [6.45, 7) is 6.78. The number of nitrogens with zero attached hydrogens (tertiary/aromatic N) is 1. The largest absolute Gasteiger partial charge is 0.371 e. The van der Waals surface area contributed by atoms with E-state index < -0.39 is 0 Å². The van der Waals surface area contributed by atoms with Gasteiger partial charge in [-0.2, -0.15) is 0 Å². The number of benzene rings is 1. The molecule has 0 unspecified atom stereocenters. The third-order valence-electron chi connectivity index (χ3n) is 3.98. The summed E-state index contributed by atoms with van der Waals surface area (Å²) in [5.41, 5.74) is 7.80. The van der Waals surface area contributed by atoms with Crippen LogP contribution in [0.25, 0.3) is 0 Å². The molecule has 2 rings (SSSR count). The summed E-state index contributed by atoms with van der Waals surface area (Å²) in [6.07, 6.45) is 1.66. The summed E-state index contributed by atoms with van der Waals surface area (Å²) in [4.78, 5) is 13.6. The van der Waals surface area contributed by atoms with Gasteiger partial charge in [0.15, 0.2) is 0 Å². The molecular weight excluding hydrogens is 286 g/mol. The lowest BCUT2D eigenvalue weighted by atomic mass is 9.95. The second-order valence-corrected chi connectivity index (χ2v) is 6.41. The molecule has 4 nitrogen and oxygen atoms in total.